The summed E-state index contributed by atoms with van der Waals surface area (Å²) in [6.45, 7) is 0. The highest BCUT2D eigenvalue weighted by atomic mass is 16.4. The lowest BCUT2D eigenvalue weighted by Gasteiger charge is -2.10. The highest BCUT2D eigenvalue weighted by Crippen LogP contribution is 2.30. The monoisotopic (exact) mass is 351 g/mol. The molecular formula is C24H17NO2. The van der Waals surface area contributed by atoms with Gasteiger partial charge >= 0.3 is 5.97 Å². The molecule has 0 aliphatic rings. The zero-order valence-electron chi connectivity index (χ0n) is 14.8. The van der Waals surface area contributed by atoms with Crippen molar-refractivity contribution < 1.29 is 9.90 Å². The fourth-order valence-corrected chi connectivity index (χ4v) is 3.24. The van der Waals surface area contributed by atoms with Gasteiger partial charge in [-0.3, -0.25) is 0 Å². The number of carbonyl (C=O) groups is 1. The van der Waals surface area contributed by atoms with Crippen molar-refractivity contribution in [2.45, 2.75) is 0 Å². The lowest BCUT2D eigenvalue weighted by Crippen LogP contribution is -2.01. The summed E-state index contributed by atoms with van der Waals surface area (Å²) in [6.07, 6.45) is 1.99. The number of hydrogen-bond donors (Lipinski definition) is 1. The van der Waals surface area contributed by atoms with Crippen LogP contribution in [0.3, 0.4) is 0 Å². The molecule has 0 aliphatic carbocycles. The maximum Gasteiger partial charge on any atom is 0.336 e. The van der Waals surface area contributed by atoms with E-state index in [9.17, 15) is 9.90 Å². The molecule has 0 atom stereocenters. The number of hydrogen-bond acceptors (Lipinski definition) is 1. The van der Waals surface area contributed by atoms with Crippen LogP contribution in [-0.2, 0) is 7.05 Å². The third-order valence-corrected chi connectivity index (χ3v) is 4.58. The zero-order valence-corrected chi connectivity index (χ0v) is 14.8. The molecule has 3 heteroatoms. The third-order valence-electron chi connectivity index (χ3n) is 4.58. The quantitative estimate of drug-likeness (QED) is 0.520. The van der Waals surface area contributed by atoms with Crippen LogP contribution in [-0.4, -0.2) is 15.6 Å². The second-order valence-electron chi connectivity index (χ2n) is 6.35. The molecule has 0 saturated heterocycles. The molecule has 3 nitrogen and oxygen atoms in total. The topological polar surface area (TPSA) is 42.2 Å². The first-order valence-electron chi connectivity index (χ1n) is 8.62. The Balaban J connectivity index is 1.91. The van der Waals surface area contributed by atoms with Crippen molar-refractivity contribution >= 4 is 16.9 Å². The van der Waals surface area contributed by atoms with E-state index in [0.717, 1.165) is 22.0 Å². The molecule has 1 N–H and O–H groups in total. The summed E-state index contributed by atoms with van der Waals surface area (Å²) in [4.78, 5) is 11.8. The number of benzene rings is 3. The Labute approximate surface area is 157 Å². The Bertz CT molecular complexity index is 1210. The Hall–Kier alpha value is -3.77. The van der Waals surface area contributed by atoms with Crippen LogP contribution in [0.4, 0.5) is 0 Å². The minimum absolute atomic E-state index is 0.255. The maximum absolute atomic E-state index is 11.8. The normalized spacial score (nSPS) is 10.4. The Morgan fingerprint density at radius 2 is 1.74 bits per heavy atom. The van der Waals surface area contributed by atoms with E-state index in [-0.39, 0.29) is 5.56 Å². The lowest BCUT2D eigenvalue weighted by atomic mass is 9.93. The third kappa shape index (κ3) is 3.21. The number of aryl methyl sites for hydroxylation is 1. The smallest absolute Gasteiger partial charge is 0.336 e. The second kappa shape index (κ2) is 6.86. The molecular weight excluding hydrogens is 334 g/mol. The molecule has 1 heterocycles. The van der Waals surface area contributed by atoms with E-state index >= 15 is 0 Å². The predicted octanol–water partition coefficient (Wildman–Crippen LogP) is 4.94. The minimum atomic E-state index is -0.957. The molecule has 0 unspecified atom stereocenters. The van der Waals surface area contributed by atoms with Crippen LogP contribution in [0.1, 0.15) is 21.5 Å². The van der Waals surface area contributed by atoms with Crippen molar-refractivity contribution in [3.05, 3.63) is 95.7 Å². The summed E-state index contributed by atoms with van der Waals surface area (Å²) in [7, 11) is 1.99. The molecule has 0 bridgehead atoms. The van der Waals surface area contributed by atoms with Gasteiger partial charge in [0.25, 0.3) is 0 Å². The highest BCUT2D eigenvalue weighted by molar-refractivity contribution is 5.99. The van der Waals surface area contributed by atoms with Crippen LogP contribution in [0, 0.1) is 11.8 Å². The average molecular weight is 351 g/mol. The van der Waals surface area contributed by atoms with Gasteiger partial charge in [-0.25, -0.2) is 4.79 Å². The van der Waals surface area contributed by atoms with E-state index in [2.05, 4.69) is 11.8 Å². The van der Waals surface area contributed by atoms with Crippen LogP contribution < -0.4 is 0 Å². The van der Waals surface area contributed by atoms with E-state index < -0.39 is 5.97 Å². The molecule has 0 saturated carbocycles. The molecule has 4 aromatic rings. The summed E-state index contributed by atoms with van der Waals surface area (Å²) in [5, 5.41) is 10.8. The number of carboxylic acids is 1. The van der Waals surface area contributed by atoms with Crippen molar-refractivity contribution in [2.24, 2.45) is 7.05 Å². The van der Waals surface area contributed by atoms with Gasteiger partial charge in [0, 0.05) is 40.8 Å². The first kappa shape index (κ1) is 16.7. The van der Waals surface area contributed by atoms with Gasteiger partial charge in [-0.15, -0.1) is 0 Å². The fourth-order valence-electron chi connectivity index (χ4n) is 3.24. The zero-order chi connectivity index (χ0) is 18.8. The largest absolute Gasteiger partial charge is 0.478 e. The SMILES string of the molecule is Cn1ccc2cc(-c3c(C#Cc4ccccc4)cccc3C(=O)O)ccc21. The van der Waals surface area contributed by atoms with Crippen LogP contribution in [0.15, 0.2) is 79.0 Å². The van der Waals surface area contributed by atoms with Crippen LogP contribution >= 0.6 is 0 Å². The molecule has 0 aliphatic heterocycles. The van der Waals surface area contributed by atoms with Crippen molar-refractivity contribution in [2.75, 3.05) is 0 Å². The molecule has 4 rings (SSSR count). The highest BCUT2D eigenvalue weighted by Gasteiger charge is 2.15. The van der Waals surface area contributed by atoms with E-state index in [1.165, 1.54) is 0 Å². The molecule has 27 heavy (non-hydrogen) atoms. The van der Waals surface area contributed by atoms with Gasteiger partial charge < -0.3 is 9.67 Å². The maximum atomic E-state index is 11.8. The summed E-state index contributed by atoms with van der Waals surface area (Å²) in [5.74, 6) is 5.33. The molecule has 0 amide bonds. The molecule has 0 fully saturated rings. The van der Waals surface area contributed by atoms with Crippen molar-refractivity contribution in [3.63, 3.8) is 0 Å². The Kier molecular flexibility index (Phi) is 4.24. The van der Waals surface area contributed by atoms with Gasteiger partial charge in [0.15, 0.2) is 0 Å². The van der Waals surface area contributed by atoms with Gasteiger partial charge in [-0.2, -0.15) is 0 Å². The number of nitrogens with zero attached hydrogens (tertiary/aromatic N) is 1. The van der Waals surface area contributed by atoms with Gasteiger partial charge in [0.1, 0.15) is 0 Å². The Morgan fingerprint density at radius 1 is 0.926 bits per heavy atom. The van der Waals surface area contributed by atoms with E-state index in [1.54, 1.807) is 12.1 Å². The van der Waals surface area contributed by atoms with E-state index in [4.69, 9.17) is 0 Å². The summed E-state index contributed by atoms with van der Waals surface area (Å²) < 4.78 is 2.04. The summed E-state index contributed by atoms with van der Waals surface area (Å²) >= 11 is 0. The van der Waals surface area contributed by atoms with Gasteiger partial charge in [0.05, 0.1) is 5.56 Å². The molecule has 0 radical (unpaired) electrons. The van der Waals surface area contributed by atoms with Crippen LogP contribution in [0.2, 0.25) is 0 Å². The predicted molar refractivity (Wildman–Crippen MR) is 108 cm³/mol. The van der Waals surface area contributed by atoms with E-state index in [0.29, 0.717) is 11.1 Å². The van der Waals surface area contributed by atoms with Crippen molar-refractivity contribution in [3.8, 4) is 23.0 Å². The number of fused-ring (bicyclic) bond motifs is 1. The summed E-state index contributed by atoms with van der Waals surface area (Å²) in [6, 6.07) is 22.9. The molecule has 130 valence electrons. The average Bonchev–Trinajstić information content (AvgIpc) is 3.07. The first-order valence-corrected chi connectivity index (χ1v) is 8.62. The fraction of sp³-hybridized carbons (Fsp3) is 0.0417. The molecule has 3 aromatic carbocycles. The second-order valence-corrected chi connectivity index (χ2v) is 6.35. The van der Waals surface area contributed by atoms with Crippen molar-refractivity contribution in [1.29, 1.82) is 0 Å². The lowest BCUT2D eigenvalue weighted by molar-refractivity contribution is 0.0697. The number of aromatic carboxylic acids is 1. The standard InChI is InChI=1S/C24H17NO2/c1-25-15-14-19-16-20(12-13-22(19)25)23-18(8-5-9-21(23)24(26)27)11-10-17-6-3-2-4-7-17/h2-9,12-16H,1H3,(H,26,27). The van der Waals surface area contributed by atoms with Crippen LogP contribution in [0.5, 0.6) is 0 Å². The summed E-state index contributed by atoms with van der Waals surface area (Å²) in [5.41, 5.74) is 4.45. The minimum Gasteiger partial charge on any atom is -0.478 e. The van der Waals surface area contributed by atoms with Crippen molar-refractivity contribution in [1.82, 2.24) is 4.57 Å². The Morgan fingerprint density at radius 3 is 2.52 bits per heavy atom. The molecule has 0 spiro atoms. The van der Waals surface area contributed by atoms with Crippen LogP contribution in [0.25, 0.3) is 22.0 Å². The molecule has 1 aromatic heterocycles. The first-order chi connectivity index (χ1) is 13.1. The van der Waals surface area contributed by atoms with E-state index in [1.807, 2.05) is 78.5 Å². The number of rotatable bonds is 2. The number of carboxylic acid groups (broad SMARTS) is 1. The van der Waals surface area contributed by atoms with Gasteiger partial charge in [-0.05, 0) is 48.0 Å². The number of aromatic nitrogens is 1. The van der Waals surface area contributed by atoms with Gasteiger partial charge in [0.2, 0.25) is 0 Å². The van der Waals surface area contributed by atoms with Gasteiger partial charge in [-0.1, -0.05) is 42.2 Å².